The summed E-state index contributed by atoms with van der Waals surface area (Å²) >= 11 is 3.48. The number of benzene rings is 1. The summed E-state index contributed by atoms with van der Waals surface area (Å²) in [6.45, 7) is 5.09. The number of hydrogen-bond donors (Lipinski definition) is 2. The molecule has 0 aliphatic carbocycles. The number of halogens is 1. The number of amidine groups is 1. The molecular formula is C14H19BrN4O2. The van der Waals surface area contributed by atoms with Gasteiger partial charge in [0.1, 0.15) is 0 Å². The molecule has 7 heteroatoms. The molecule has 1 aromatic carbocycles. The van der Waals surface area contributed by atoms with E-state index in [4.69, 9.17) is 10.9 Å². The van der Waals surface area contributed by atoms with Gasteiger partial charge in [0.2, 0.25) is 0 Å². The van der Waals surface area contributed by atoms with Crippen LogP contribution in [0.25, 0.3) is 0 Å². The molecule has 1 aliphatic rings. The lowest BCUT2D eigenvalue weighted by atomic mass is 10.1. The van der Waals surface area contributed by atoms with Crippen LogP contribution in [0.15, 0.2) is 27.8 Å². The molecule has 1 aliphatic heterocycles. The van der Waals surface area contributed by atoms with Crippen LogP contribution in [-0.2, 0) is 0 Å². The predicted molar refractivity (Wildman–Crippen MR) is 84.6 cm³/mol. The Hall–Kier alpha value is -1.60. The molecule has 1 fully saturated rings. The second-order valence-electron chi connectivity index (χ2n) is 5.10. The Labute approximate surface area is 132 Å². The van der Waals surface area contributed by atoms with Crippen molar-refractivity contribution < 1.29 is 10.0 Å². The van der Waals surface area contributed by atoms with E-state index in [1.165, 1.54) is 0 Å². The van der Waals surface area contributed by atoms with Gasteiger partial charge in [-0.2, -0.15) is 0 Å². The average molecular weight is 355 g/mol. The van der Waals surface area contributed by atoms with E-state index in [1.807, 2.05) is 30.0 Å². The molecule has 0 spiro atoms. The third-order valence-corrected chi connectivity index (χ3v) is 4.65. The Morgan fingerprint density at radius 2 is 2.05 bits per heavy atom. The topological polar surface area (TPSA) is 82.2 Å². The highest BCUT2D eigenvalue weighted by atomic mass is 79.9. The van der Waals surface area contributed by atoms with Gasteiger partial charge in [0.25, 0.3) is 5.91 Å². The molecule has 21 heavy (non-hydrogen) atoms. The number of piperazine rings is 1. The average Bonchev–Trinajstić information content (AvgIpc) is 2.50. The van der Waals surface area contributed by atoms with Crippen molar-refractivity contribution in [3.05, 3.63) is 33.8 Å². The van der Waals surface area contributed by atoms with Crippen molar-refractivity contribution in [1.82, 2.24) is 9.80 Å². The van der Waals surface area contributed by atoms with Crippen molar-refractivity contribution in [3.8, 4) is 0 Å². The van der Waals surface area contributed by atoms with Crippen LogP contribution in [0.4, 0.5) is 0 Å². The first kappa shape index (κ1) is 15.8. The van der Waals surface area contributed by atoms with Crippen LogP contribution in [0.3, 0.4) is 0 Å². The van der Waals surface area contributed by atoms with E-state index in [0.717, 1.165) is 10.0 Å². The van der Waals surface area contributed by atoms with Crippen molar-refractivity contribution in [2.24, 2.45) is 10.9 Å². The van der Waals surface area contributed by atoms with Gasteiger partial charge in [-0.05, 0) is 34.5 Å². The fourth-order valence-electron chi connectivity index (χ4n) is 2.35. The van der Waals surface area contributed by atoms with Crippen molar-refractivity contribution in [2.75, 3.05) is 32.7 Å². The summed E-state index contributed by atoms with van der Waals surface area (Å²) in [5.41, 5.74) is 7.24. The Morgan fingerprint density at radius 1 is 1.38 bits per heavy atom. The summed E-state index contributed by atoms with van der Waals surface area (Å²) < 4.78 is 0.856. The van der Waals surface area contributed by atoms with Gasteiger partial charge >= 0.3 is 0 Å². The second-order valence-corrected chi connectivity index (χ2v) is 5.89. The van der Waals surface area contributed by atoms with Gasteiger partial charge in [-0.25, -0.2) is 0 Å². The van der Waals surface area contributed by atoms with Crippen molar-refractivity contribution >= 4 is 27.7 Å². The molecule has 6 nitrogen and oxygen atoms in total. The van der Waals surface area contributed by atoms with Gasteiger partial charge in [0.15, 0.2) is 5.84 Å². The zero-order valence-corrected chi connectivity index (χ0v) is 13.5. The lowest BCUT2D eigenvalue weighted by Crippen LogP contribution is -2.50. The van der Waals surface area contributed by atoms with Crippen LogP contribution in [0.1, 0.15) is 15.9 Å². The molecule has 1 amide bonds. The van der Waals surface area contributed by atoms with E-state index < -0.39 is 0 Å². The number of nitrogens with zero attached hydrogens (tertiary/aromatic N) is 3. The number of amides is 1. The largest absolute Gasteiger partial charge is 0.409 e. The van der Waals surface area contributed by atoms with E-state index in [1.54, 1.807) is 0 Å². The van der Waals surface area contributed by atoms with Crippen LogP contribution < -0.4 is 5.73 Å². The molecule has 0 aromatic heterocycles. The van der Waals surface area contributed by atoms with Gasteiger partial charge in [-0.3, -0.25) is 9.69 Å². The van der Waals surface area contributed by atoms with E-state index in [9.17, 15) is 4.79 Å². The summed E-state index contributed by atoms with van der Waals surface area (Å²) in [5.74, 6) is 0.227. The predicted octanol–water partition coefficient (Wildman–Crippen LogP) is 1.26. The maximum Gasteiger partial charge on any atom is 0.255 e. The molecule has 0 bridgehead atoms. The van der Waals surface area contributed by atoms with Crippen LogP contribution >= 0.6 is 15.9 Å². The lowest BCUT2D eigenvalue weighted by Gasteiger charge is -2.34. The molecule has 1 saturated heterocycles. The summed E-state index contributed by atoms with van der Waals surface area (Å²) in [4.78, 5) is 16.4. The highest BCUT2D eigenvalue weighted by Crippen LogP contribution is 2.22. The van der Waals surface area contributed by atoms with E-state index in [-0.39, 0.29) is 11.7 Å². The third-order valence-electron chi connectivity index (χ3n) is 3.60. The summed E-state index contributed by atoms with van der Waals surface area (Å²) in [6, 6.07) is 5.69. The summed E-state index contributed by atoms with van der Waals surface area (Å²) in [5, 5.41) is 11.5. The number of aryl methyl sites for hydroxylation is 1. The first-order valence-electron chi connectivity index (χ1n) is 6.76. The Morgan fingerprint density at radius 3 is 2.67 bits per heavy atom. The van der Waals surface area contributed by atoms with Crippen LogP contribution in [0, 0.1) is 6.92 Å². The van der Waals surface area contributed by atoms with Crippen molar-refractivity contribution in [1.29, 1.82) is 0 Å². The normalized spacial score (nSPS) is 17.0. The first-order valence-corrected chi connectivity index (χ1v) is 7.55. The molecule has 114 valence electrons. The number of nitrogens with two attached hydrogens (primary N) is 1. The Balaban J connectivity index is 1.99. The molecule has 3 N–H and O–H groups in total. The molecule has 0 saturated carbocycles. The molecule has 1 heterocycles. The monoisotopic (exact) mass is 354 g/mol. The second kappa shape index (κ2) is 6.91. The lowest BCUT2D eigenvalue weighted by molar-refractivity contribution is 0.0652. The number of oxime groups is 1. The molecule has 0 atom stereocenters. The zero-order valence-electron chi connectivity index (χ0n) is 11.9. The minimum absolute atomic E-state index is 0.0361. The quantitative estimate of drug-likeness (QED) is 0.370. The minimum Gasteiger partial charge on any atom is -0.409 e. The molecule has 2 rings (SSSR count). The maximum absolute atomic E-state index is 12.5. The zero-order chi connectivity index (χ0) is 15.4. The van der Waals surface area contributed by atoms with Gasteiger partial charge in [-0.1, -0.05) is 17.3 Å². The first-order chi connectivity index (χ1) is 10.0. The van der Waals surface area contributed by atoms with Crippen molar-refractivity contribution in [2.45, 2.75) is 6.92 Å². The van der Waals surface area contributed by atoms with Crippen LogP contribution in [-0.4, -0.2) is 59.5 Å². The number of hydrogen-bond acceptors (Lipinski definition) is 4. The number of carbonyl (C=O) groups is 1. The summed E-state index contributed by atoms with van der Waals surface area (Å²) in [6.07, 6.45) is 0. The van der Waals surface area contributed by atoms with E-state index >= 15 is 0 Å². The van der Waals surface area contributed by atoms with Gasteiger partial charge in [0.05, 0.1) is 12.1 Å². The van der Waals surface area contributed by atoms with Crippen LogP contribution in [0.2, 0.25) is 0 Å². The van der Waals surface area contributed by atoms with Crippen molar-refractivity contribution in [3.63, 3.8) is 0 Å². The molecule has 1 aromatic rings. The maximum atomic E-state index is 12.5. The minimum atomic E-state index is 0.0361. The Kier molecular flexibility index (Phi) is 5.19. The van der Waals surface area contributed by atoms with Gasteiger partial charge in [0, 0.05) is 30.7 Å². The highest BCUT2D eigenvalue weighted by Gasteiger charge is 2.24. The highest BCUT2D eigenvalue weighted by molar-refractivity contribution is 9.10. The third kappa shape index (κ3) is 3.74. The van der Waals surface area contributed by atoms with E-state index in [2.05, 4.69) is 26.0 Å². The number of carbonyl (C=O) groups excluding carboxylic acids is 1. The smallest absolute Gasteiger partial charge is 0.255 e. The van der Waals surface area contributed by atoms with E-state index in [0.29, 0.717) is 38.3 Å². The standard InChI is InChI=1S/C14H19BrN4O2/c1-10-3-2-4-11(13(10)15)14(20)19-7-5-18(6-8-19)9-12(16)17-21/h2-4,21H,5-9H2,1H3,(H2,16,17). The molecule has 0 unspecified atom stereocenters. The van der Waals surface area contributed by atoms with Gasteiger partial charge in [-0.15, -0.1) is 0 Å². The molecular weight excluding hydrogens is 336 g/mol. The fourth-order valence-corrected chi connectivity index (χ4v) is 2.79. The SMILES string of the molecule is Cc1cccc(C(=O)N2CCN(C/C(N)=N/O)CC2)c1Br. The molecule has 0 radical (unpaired) electrons. The van der Waals surface area contributed by atoms with Gasteiger partial charge < -0.3 is 15.8 Å². The fraction of sp³-hybridized carbons (Fsp3) is 0.429. The van der Waals surface area contributed by atoms with Crippen LogP contribution in [0.5, 0.6) is 0 Å². The number of rotatable bonds is 3. The Bertz CT molecular complexity index is 554. The summed E-state index contributed by atoms with van der Waals surface area (Å²) in [7, 11) is 0.